The fourth-order valence-electron chi connectivity index (χ4n) is 3.72. The first-order valence-corrected chi connectivity index (χ1v) is 8.24. The Morgan fingerprint density at radius 3 is 2.28 bits per heavy atom. The van der Waals surface area contributed by atoms with Crippen molar-refractivity contribution in [2.45, 2.75) is 58.8 Å². The Kier molecular flexibility index (Phi) is 5.50. The molecule has 0 radical (unpaired) electrons. The highest BCUT2D eigenvalue weighted by atomic mass is 15.1. The minimum absolute atomic E-state index is 0.753. The molecule has 2 aliphatic rings. The van der Waals surface area contributed by atoms with E-state index in [0.29, 0.717) is 0 Å². The van der Waals surface area contributed by atoms with Crippen molar-refractivity contribution in [3.8, 4) is 0 Å². The summed E-state index contributed by atoms with van der Waals surface area (Å²) < 4.78 is 0. The van der Waals surface area contributed by atoms with Crippen LogP contribution < -0.4 is 5.32 Å². The summed E-state index contributed by atoms with van der Waals surface area (Å²) in [6.45, 7) is 11.6. The minimum atomic E-state index is 0.753. The molecule has 0 aliphatic carbocycles. The number of rotatable bonds is 5. The van der Waals surface area contributed by atoms with Gasteiger partial charge in [-0.15, -0.1) is 0 Å². The number of quaternary nitrogens is 1. The van der Waals surface area contributed by atoms with Gasteiger partial charge in [-0.25, -0.2) is 0 Å². The fourth-order valence-corrected chi connectivity index (χ4v) is 3.72. The van der Waals surface area contributed by atoms with Gasteiger partial charge >= 0.3 is 0 Å². The molecule has 0 unspecified atom stereocenters. The van der Waals surface area contributed by atoms with Crippen molar-refractivity contribution in [2.75, 3.05) is 32.7 Å². The van der Waals surface area contributed by atoms with E-state index in [0.717, 1.165) is 11.3 Å². The number of unbranched alkanes of at least 4 members (excludes halogenated alkanes) is 1. The van der Waals surface area contributed by atoms with Gasteiger partial charge in [-0.3, -0.25) is 0 Å². The summed E-state index contributed by atoms with van der Waals surface area (Å²) in [6, 6.07) is 0. The molecular formula is C16H33N2+. The van der Waals surface area contributed by atoms with Gasteiger partial charge in [-0.2, -0.15) is 0 Å². The highest BCUT2D eigenvalue weighted by Crippen LogP contribution is 2.38. The van der Waals surface area contributed by atoms with E-state index in [-0.39, 0.29) is 0 Å². The van der Waals surface area contributed by atoms with E-state index in [1.807, 2.05) is 0 Å². The van der Waals surface area contributed by atoms with Crippen molar-refractivity contribution >= 4 is 0 Å². The SMILES string of the molecule is CC(C)CCCCN1CCC2(CC[NH2+]CC2)CC1. The van der Waals surface area contributed by atoms with Crippen molar-refractivity contribution in [2.24, 2.45) is 11.3 Å². The molecule has 2 saturated heterocycles. The highest BCUT2D eigenvalue weighted by Gasteiger charge is 2.36. The summed E-state index contributed by atoms with van der Waals surface area (Å²) in [6.07, 6.45) is 10.2. The first-order valence-electron chi connectivity index (χ1n) is 8.24. The van der Waals surface area contributed by atoms with E-state index in [1.54, 1.807) is 0 Å². The maximum Gasteiger partial charge on any atom is 0.0760 e. The zero-order valence-electron chi connectivity index (χ0n) is 12.6. The van der Waals surface area contributed by atoms with Crippen LogP contribution in [0, 0.1) is 11.3 Å². The Labute approximate surface area is 114 Å². The summed E-state index contributed by atoms with van der Waals surface area (Å²) >= 11 is 0. The largest absolute Gasteiger partial charge is 0.346 e. The lowest BCUT2D eigenvalue weighted by Gasteiger charge is -2.43. The molecule has 18 heavy (non-hydrogen) atoms. The lowest BCUT2D eigenvalue weighted by Crippen LogP contribution is -2.87. The Balaban J connectivity index is 1.61. The first kappa shape index (κ1) is 14.3. The quantitative estimate of drug-likeness (QED) is 0.745. The maximum atomic E-state index is 2.73. The summed E-state index contributed by atoms with van der Waals surface area (Å²) in [5, 5.41) is 2.50. The van der Waals surface area contributed by atoms with Gasteiger partial charge < -0.3 is 10.2 Å². The molecule has 0 saturated carbocycles. The molecule has 0 aromatic rings. The summed E-state index contributed by atoms with van der Waals surface area (Å²) in [7, 11) is 0. The van der Waals surface area contributed by atoms with Crippen LogP contribution in [0.25, 0.3) is 0 Å². The van der Waals surface area contributed by atoms with Crippen molar-refractivity contribution in [3.05, 3.63) is 0 Å². The van der Waals surface area contributed by atoms with Gasteiger partial charge in [-0.05, 0) is 50.2 Å². The van der Waals surface area contributed by atoms with E-state index in [9.17, 15) is 0 Å². The third kappa shape index (κ3) is 4.24. The Bertz CT molecular complexity index is 221. The molecule has 0 amide bonds. The van der Waals surface area contributed by atoms with Crippen LogP contribution in [0.15, 0.2) is 0 Å². The Morgan fingerprint density at radius 2 is 1.67 bits per heavy atom. The second kappa shape index (κ2) is 6.91. The molecule has 1 spiro atoms. The van der Waals surface area contributed by atoms with Crippen LogP contribution in [0.5, 0.6) is 0 Å². The van der Waals surface area contributed by atoms with Crippen LogP contribution >= 0.6 is 0 Å². The van der Waals surface area contributed by atoms with Crippen molar-refractivity contribution in [3.63, 3.8) is 0 Å². The average molecular weight is 253 g/mol. The molecule has 2 nitrogen and oxygen atoms in total. The third-order valence-electron chi connectivity index (χ3n) is 5.18. The van der Waals surface area contributed by atoms with Gasteiger partial charge in [-0.1, -0.05) is 26.7 Å². The number of piperidine rings is 2. The molecule has 2 heterocycles. The monoisotopic (exact) mass is 253 g/mol. The molecule has 2 N–H and O–H groups in total. The summed E-state index contributed by atoms with van der Waals surface area (Å²) in [5.41, 5.74) is 0.753. The van der Waals surface area contributed by atoms with E-state index in [1.165, 1.54) is 77.7 Å². The molecule has 0 aromatic carbocycles. The lowest BCUT2D eigenvalue weighted by molar-refractivity contribution is -0.668. The minimum Gasteiger partial charge on any atom is -0.346 e. The predicted octanol–water partition coefficient (Wildman–Crippen LogP) is 2.25. The zero-order chi connectivity index (χ0) is 12.8. The molecule has 2 aliphatic heterocycles. The third-order valence-corrected chi connectivity index (χ3v) is 5.18. The smallest absolute Gasteiger partial charge is 0.0760 e. The van der Waals surface area contributed by atoms with Gasteiger partial charge in [0.25, 0.3) is 0 Å². The van der Waals surface area contributed by atoms with Crippen molar-refractivity contribution < 1.29 is 5.32 Å². The Hall–Kier alpha value is -0.0800. The van der Waals surface area contributed by atoms with Crippen LogP contribution in [0.3, 0.4) is 0 Å². The molecule has 0 aromatic heterocycles. The standard InChI is InChI=1S/C16H32N2/c1-15(2)5-3-4-12-18-13-8-16(9-14-18)6-10-17-11-7-16/h15,17H,3-14H2,1-2H3/p+1. The second-order valence-corrected chi connectivity index (χ2v) is 7.10. The van der Waals surface area contributed by atoms with Gasteiger partial charge in [0.15, 0.2) is 0 Å². The number of hydrogen-bond donors (Lipinski definition) is 1. The van der Waals surface area contributed by atoms with Gasteiger partial charge in [0.1, 0.15) is 0 Å². The molecule has 0 atom stereocenters. The first-order chi connectivity index (χ1) is 8.70. The second-order valence-electron chi connectivity index (χ2n) is 7.10. The molecule has 0 bridgehead atoms. The number of likely N-dealkylation sites (tertiary alicyclic amines) is 1. The van der Waals surface area contributed by atoms with E-state index < -0.39 is 0 Å². The highest BCUT2D eigenvalue weighted by molar-refractivity contribution is 4.86. The van der Waals surface area contributed by atoms with Crippen LogP contribution in [0.2, 0.25) is 0 Å². The van der Waals surface area contributed by atoms with E-state index in [2.05, 4.69) is 24.1 Å². The van der Waals surface area contributed by atoms with Crippen LogP contribution in [0.4, 0.5) is 0 Å². The molecule has 2 heteroatoms. The van der Waals surface area contributed by atoms with Crippen LogP contribution in [0.1, 0.15) is 58.8 Å². The number of nitrogens with two attached hydrogens (primary N) is 1. The zero-order valence-corrected chi connectivity index (χ0v) is 12.6. The molecule has 2 rings (SSSR count). The van der Waals surface area contributed by atoms with Gasteiger partial charge in [0.2, 0.25) is 0 Å². The lowest BCUT2D eigenvalue weighted by atomic mass is 9.71. The average Bonchev–Trinajstić information content (AvgIpc) is 2.38. The predicted molar refractivity (Wildman–Crippen MR) is 77.7 cm³/mol. The van der Waals surface area contributed by atoms with Crippen molar-refractivity contribution in [1.29, 1.82) is 0 Å². The van der Waals surface area contributed by atoms with E-state index >= 15 is 0 Å². The van der Waals surface area contributed by atoms with Crippen molar-refractivity contribution in [1.82, 2.24) is 4.90 Å². The van der Waals surface area contributed by atoms with E-state index in [4.69, 9.17) is 0 Å². The van der Waals surface area contributed by atoms with Crippen LogP contribution in [-0.2, 0) is 0 Å². The van der Waals surface area contributed by atoms with Gasteiger partial charge in [0.05, 0.1) is 13.1 Å². The fraction of sp³-hybridized carbons (Fsp3) is 1.00. The number of nitrogens with zero attached hydrogens (tertiary/aromatic N) is 1. The molecule has 106 valence electrons. The normalized spacial score (nSPS) is 24.8. The summed E-state index contributed by atoms with van der Waals surface area (Å²) in [4.78, 5) is 2.73. The summed E-state index contributed by atoms with van der Waals surface area (Å²) in [5.74, 6) is 0.883. The molecule has 2 fully saturated rings. The van der Waals surface area contributed by atoms with Gasteiger partial charge in [0, 0.05) is 12.8 Å². The molecular weight excluding hydrogens is 220 g/mol. The topological polar surface area (TPSA) is 19.9 Å². The van der Waals surface area contributed by atoms with Crippen LogP contribution in [-0.4, -0.2) is 37.6 Å². The number of hydrogen-bond acceptors (Lipinski definition) is 1. The maximum absolute atomic E-state index is 2.73. The Morgan fingerprint density at radius 1 is 1.00 bits per heavy atom.